The second-order valence-electron chi connectivity index (χ2n) is 6.19. The maximum Gasteiger partial charge on any atom is 0.225 e. The Labute approximate surface area is 164 Å². The van der Waals surface area contributed by atoms with Gasteiger partial charge >= 0.3 is 0 Å². The van der Waals surface area contributed by atoms with E-state index in [1.165, 1.54) is 0 Å². The van der Waals surface area contributed by atoms with Crippen LogP contribution in [0, 0.1) is 22.7 Å². The third-order valence-corrected chi connectivity index (χ3v) is 4.37. The lowest BCUT2D eigenvalue weighted by Crippen LogP contribution is -2.28. The summed E-state index contributed by atoms with van der Waals surface area (Å²) in [7, 11) is 0. The molecule has 0 spiro atoms. The predicted molar refractivity (Wildman–Crippen MR) is 106 cm³/mol. The SMILES string of the molecule is CCCN(CCC(=O)Nc1ccc(C#N)c(Cl)c1)Cc1ccc(C#N)cc1. The predicted octanol–water partition coefficient (Wildman–Crippen LogP) is 4.32. The molecule has 6 heteroatoms. The van der Waals surface area contributed by atoms with Crippen molar-refractivity contribution in [3.63, 3.8) is 0 Å². The van der Waals surface area contributed by atoms with E-state index in [0.717, 1.165) is 25.1 Å². The van der Waals surface area contributed by atoms with Crippen LogP contribution < -0.4 is 5.32 Å². The molecule has 0 saturated heterocycles. The number of carbonyl (C=O) groups is 1. The number of anilines is 1. The van der Waals surface area contributed by atoms with Crippen LogP contribution in [-0.2, 0) is 11.3 Å². The van der Waals surface area contributed by atoms with E-state index in [1.807, 2.05) is 18.2 Å². The minimum Gasteiger partial charge on any atom is -0.326 e. The molecule has 0 fully saturated rings. The monoisotopic (exact) mass is 380 g/mol. The number of amides is 1. The van der Waals surface area contributed by atoms with Crippen molar-refractivity contribution < 1.29 is 4.79 Å². The number of benzene rings is 2. The van der Waals surface area contributed by atoms with Crippen LogP contribution in [0.25, 0.3) is 0 Å². The van der Waals surface area contributed by atoms with Crippen LogP contribution in [-0.4, -0.2) is 23.9 Å². The Bertz CT molecular complexity index is 865. The lowest BCUT2D eigenvalue weighted by molar-refractivity contribution is -0.116. The summed E-state index contributed by atoms with van der Waals surface area (Å²) in [6, 6.07) is 16.4. The Kier molecular flexibility index (Phi) is 7.82. The van der Waals surface area contributed by atoms with Gasteiger partial charge in [-0.3, -0.25) is 9.69 Å². The molecule has 1 amide bonds. The van der Waals surface area contributed by atoms with E-state index in [0.29, 0.717) is 34.8 Å². The largest absolute Gasteiger partial charge is 0.326 e. The van der Waals surface area contributed by atoms with Gasteiger partial charge in [0.15, 0.2) is 0 Å². The van der Waals surface area contributed by atoms with Crippen molar-refractivity contribution in [2.45, 2.75) is 26.3 Å². The Hall–Kier alpha value is -2.86. The molecular formula is C21H21ClN4O. The minimum absolute atomic E-state index is 0.100. The van der Waals surface area contributed by atoms with E-state index in [1.54, 1.807) is 30.3 Å². The number of halogens is 1. The second kappa shape index (κ2) is 10.3. The van der Waals surface area contributed by atoms with Crippen LogP contribution in [0.15, 0.2) is 42.5 Å². The lowest BCUT2D eigenvalue weighted by atomic mass is 10.1. The maximum absolute atomic E-state index is 12.2. The zero-order chi connectivity index (χ0) is 19.6. The van der Waals surface area contributed by atoms with Gasteiger partial charge in [-0.05, 0) is 48.9 Å². The zero-order valence-corrected chi connectivity index (χ0v) is 16.0. The molecule has 0 heterocycles. The molecule has 0 aliphatic carbocycles. The molecule has 27 heavy (non-hydrogen) atoms. The Morgan fingerprint density at radius 1 is 1.11 bits per heavy atom. The average Bonchev–Trinajstić information content (AvgIpc) is 2.67. The number of rotatable bonds is 8. The van der Waals surface area contributed by atoms with Crippen LogP contribution in [0.5, 0.6) is 0 Å². The van der Waals surface area contributed by atoms with Gasteiger partial charge in [0.1, 0.15) is 6.07 Å². The van der Waals surface area contributed by atoms with Crippen LogP contribution in [0.1, 0.15) is 36.5 Å². The number of nitrogens with zero attached hydrogens (tertiary/aromatic N) is 3. The van der Waals surface area contributed by atoms with E-state index in [-0.39, 0.29) is 5.91 Å². The third kappa shape index (κ3) is 6.42. The molecular weight excluding hydrogens is 360 g/mol. The highest BCUT2D eigenvalue weighted by molar-refractivity contribution is 6.32. The molecule has 138 valence electrons. The smallest absolute Gasteiger partial charge is 0.225 e. The molecule has 0 bridgehead atoms. The summed E-state index contributed by atoms with van der Waals surface area (Å²) < 4.78 is 0. The number of nitrogens with one attached hydrogen (secondary N) is 1. The first-order chi connectivity index (χ1) is 13.0. The van der Waals surface area contributed by atoms with E-state index < -0.39 is 0 Å². The first-order valence-corrected chi connectivity index (χ1v) is 9.14. The fourth-order valence-electron chi connectivity index (χ4n) is 2.70. The maximum atomic E-state index is 12.2. The van der Waals surface area contributed by atoms with Crippen molar-refractivity contribution in [1.82, 2.24) is 4.90 Å². The standard InChI is InChI=1S/C21H21ClN4O/c1-2-10-26(15-17-5-3-16(13-23)4-6-17)11-9-21(27)25-19-8-7-18(14-24)20(22)12-19/h3-8,12H,2,9-11,15H2,1H3,(H,25,27). The number of carbonyl (C=O) groups excluding carboxylic acids is 1. The molecule has 2 aromatic carbocycles. The molecule has 0 aliphatic rings. The molecule has 0 atom stereocenters. The van der Waals surface area contributed by atoms with Gasteiger partial charge in [-0.2, -0.15) is 10.5 Å². The number of hydrogen-bond acceptors (Lipinski definition) is 4. The summed E-state index contributed by atoms with van der Waals surface area (Å²) in [5, 5.41) is 20.9. The van der Waals surface area contributed by atoms with Crippen molar-refractivity contribution in [2.24, 2.45) is 0 Å². The highest BCUT2D eigenvalue weighted by Crippen LogP contribution is 2.20. The number of hydrogen-bond donors (Lipinski definition) is 1. The fraction of sp³-hybridized carbons (Fsp3) is 0.286. The van der Waals surface area contributed by atoms with Gasteiger partial charge in [0.2, 0.25) is 5.91 Å². The topological polar surface area (TPSA) is 79.9 Å². The Morgan fingerprint density at radius 2 is 1.85 bits per heavy atom. The van der Waals surface area contributed by atoms with E-state index in [2.05, 4.69) is 23.2 Å². The zero-order valence-electron chi connectivity index (χ0n) is 15.2. The van der Waals surface area contributed by atoms with Crippen molar-refractivity contribution in [3.8, 4) is 12.1 Å². The van der Waals surface area contributed by atoms with E-state index >= 15 is 0 Å². The summed E-state index contributed by atoms with van der Waals surface area (Å²) in [4.78, 5) is 14.5. The minimum atomic E-state index is -0.100. The van der Waals surface area contributed by atoms with E-state index in [9.17, 15) is 4.79 Å². The molecule has 2 aromatic rings. The second-order valence-corrected chi connectivity index (χ2v) is 6.60. The van der Waals surface area contributed by atoms with Gasteiger partial charge in [0, 0.05) is 25.2 Å². The van der Waals surface area contributed by atoms with Gasteiger partial charge in [-0.25, -0.2) is 0 Å². The van der Waals surface area contributed by atoms with E-state index in [4.69, 9.17) is 22.1 Å². The number of nitriles is 2. The lowest BCUT2D eigenvalue weighted by Gasteiger charge is -2.21. The van der Waals surface area contributed by atoms with Crippen LogP contribution in [0.2, 0.25) is 5.02 Å². The van der Waals surface area contributed by atoms with Gasteiger partial charge in [0.25, 0.3) is 0 Å². The quantitative estimate of drug-likeness (QED) is 0.739. The highest BCUT2D eigenvalue weighted by atomic mass is 35.5. The summed E-state index contributed by atoms with van der Waals surface area (Å²) in [5.41, 5.74) is 2.72. The fourth-order valence-corrected chi connectivity index (χ4v) is 2.92. The molecule has 0 aliphatic heterocycles. The molecule has 1 N–H and O–H groups in total. The normalized spacial score (nSPS) is 10.3. The molecule has 2 rings (SSSR count). The highest BCUT2D eigenvalue weighted by Gasteiger charge is 2.10. The van der Waals surface area contributed by atoms with Crippen LogP contribution >= 0.6 is 11.6 Å². The average molecular weight is 381 g/mol. The van der Waals surface area contributed by atoms with Crippen molar-refractivity contribution in [1.29, 1.82) is 10.5 Å². The summed E-state index contributed by atoms with van der Waals surface area (Å²) >= 11 is 5.99. The van der Waals surface area contributed by atoms with Gasteiger partial charge in [0.05, 0.1) is 22.2 Å². The van der Waals surface area contributed by atoms with Crippen LogP contribution in [0.4, 0.5) is 5.69 Å². The first kappa shape index (κ1) is 20.5. The summed E-state index contributed by atoms with van der Waals surface area (Å²) in [6.07, 6.45) is 1.34. The van der Waals surface area contributed by atoms with Crippen molar-refractivity contribution in [2.75, 3.05) is 18.4 Å². The molecule has 0 saturated carbocycles. The molecule has 0 radical (unpaired) electrons. The molecule has 0 unspecified atom stereocenters. The Morgan fingerprint density at radius 3 is 2.44 bits per heavy atom. The molecule has 5 nitrogen and oxygen atoms in total. The van der Waals surface area contributed by atoms with Gasteiger partial charge < -0.3 is 5.32 Å². The van der Waals surface area contributed by atoms with Crippen molar-refractivity contribution >= 4 is 23.2 Å². The van der Waals surface area contributed by atoms with Crippen LogP contribution in [0.3, 0.4) is 0 Å². The van der Waals surface area contributed by atoms with Gasteiger partial charge in [-0.15, -0.1) is 0 Å². The van der Waals surface area contributed by atoms with Crippen molar-refractivity contribution in [3.05, 3.63) is 64.2 Å². The summed E-state index contributed by atoms with van der Waals surface area (Å²) in [5.74, 6) is -0.100. The first-order valence-electron chi connectivity index (χ1n) is 8.76. The van der Waals surface area contributed by atoms with Gasteiger partial charge in [-0.1, -0.05) is 30.7 Å². The summed E-state index contributed by atoms with van der Waals surface area (Å²) in [6.45, 7) is 4.35. The third-order valence-electron chi connectivity index (χ3n) is 4.06. The molecule has 0 aromatic heterocycles. The Balaban J connectivity index is 1.90.